The molecule has 3 aromatic carbocycles. The van der Waals surface area contributed by atoms with Crippen molar-refractivity contribution in [3.8, 4) is 51.6 Å². The molecule has 13 N–H and O–H groups in total. The lowest BCUT2D eigenvalue weighted by Gasteiger charge is -2.39. The van der Waals surface area contributed by atoms with Crippen LogP contribution in [0.3, 0.4) is 0 Å². The molecule has 3 fully saturated rings. The van der Waals surface area contributed by atoms with Gasteiger partial charge in [0, 0.05) is 36.3 Å². The molecule has 15 unspecified atom stereocenters. The van der Waals surface area contributed by atoms with Gasteiger partial charge < -0.3 is 109 Å². The Bertz CT molecular complexity index is 2480. The number of phenolic OH excluding ortho intramolecular Hbond substituents is 2. The molecule has 3 aliphatic rings. The van der Waals surface area contributed by atoms with Gasteiger partial charge in [-0.3, -0.25) is 4.79 Å². The number of aromatic hydroxyl groups is 2. The summed E-state index contributed by atoms with van der Waals surface area (Å²) < 4.78 is 50.2. The number of aliphatic hydroxyl groups excluding tert-OH is 11. The number of carbonyl (C=O) groups excluding carboxylic acids is 1. The zero-order valence-electron chi connectivity index (χ0n) is 36.6. The van der Waals surface area contributed by atoms with Crippen LogP contribution in [0.1, 0.15) is 12.0 Å². The number of rotatable bonds is 15. The second-order valence-electron chi connectivity index (χ2n) is 16.4. The monoisotopic (exact) mass is 976 g/mol. The molecule has 1 aromatic heterocycles. The van der Waals surface area contributed by atoms with E-state index in [0.29, 0.717) is 5.56 Å². The number of esters is 1. The van der Waals surface area contributed by atoms with Gasteiger partial charge in [0.2, 0.25) is 29.5 Å². The van der Waals surface area contributed by atoms with E-state index in [4.69, 9.17) is 42.3 Å². The Morgan fingerprint density at radius 3 is 1.88 bits per heavy atom. The van der Waals surface area contributed by atoms with Crippen LogP contribution >= 0.6 is 0 Å². The molecule has 0 radical (unpaired) electrons. The smallest absolute Gasteiger partial charge is 0.330 e. The Morgan fingerprint density at radius 1 is 0.681 bits per heavy atom. The van der Waals surface area contributed by atoms with Crippen LogP contribution in [0.4, 0.5) is 0 Å². The van der Waals surface area contributed by atoms with Gasteiger partial charge in [0.05, 0.1) is 26.9 Å². The fourth-order valence-corrected chi connectivity index (χ4v) is 8.01. The van der Waals surface area contributed by atoms with Crippen LogP contribution < -0.4 is 29.1 Å². The highest BCUT2D eigenvalue weighted by Gasteiger charge is 2.47. The number of hydrogen-bond donors (Lipinski definition) is 13. The van der Waals surface area contributed by atoms with Crippen LogP contribution in [0.5, 0.6) is 40.2 Å². The van der Waals surface area contributed by atoms with E-state index in [2.05, 4.69) is 0 Å². The average molecular weight is 977 g/mol. The molecule has 24 nitrogen and oxygen atoms in total. The summed E-state index contributed by atoms with van der Waals surface area (Å²) in [6.07, 6.45) is -21.4. The van der Waals surface area contributed by atoms with E-state index in [-0.39, 0.29) is 46.3 Å². The van der Waals surface area contributed by atoms with Gasteiger partial charge in [0.25, 0.3) is 0 Å². The maximum absolute atomic E-state index is 14.3. The summed E-state index contributed by atoms with van der Waals surface area (Å²) in [6.45, 7) is -2.01. The van der Waals surface area contributed by atoms with Crippen molar-refractivity contribution in [1.82, 2.24) is 0 Å². The first-order valence-corrected chi connectivity index (χ1v) is 21.3. The SMILES string of the molecule is COc1cc(C=CC(=O)OCC2OC(Oc3ccc(-c4oc5cc(OC6CC(CO)C(O)C(O)C6O)cc(O)c5c(=O)c4OC4OC(CO)C(O)C(O)C4O)cc3)C(O)C(O)C2O)cc(OC)c1O. The minimum Gasteiger partial charge on any atom is -0.507 e. The highest BCUT2D eigenvalue weighted by atomic mass is 16.7. The molecular weight excluding hydrogens is 924 g/mol. The lowest BCUT2D eigenvalue weighted by molar-refractivity contribution is -0.278. The molecule has 7 rings (SSSR count). The predicted octanol–water partition coefficient (Wildman–Crippen LogP) is -2.65. The van der Waals surface area contributed by atoms with E-state index < -0.39 is 146 Å². The largest absolute Gasteiger partial charge is 0.507 e. The van der Waals surface area contributed by atoms with Crippen molar-refractivity contribution in [3.63, 3.8) is 0 Å². The zero-order valence-corrected chi connectivity index (χ0v) is 36.6. The highest BCUT2D eigenvalue weighted by molar-refractivity contribution is 5.89. The quantitative estimate of drug-likeness (QED) is 0.0427. The Labute approximate surface area is 390 Å². The number of hydrogen-bond acceptors (Lipinski definition) is 24. The molecule has 24 heteroatoms. The molecule has 2 saturated heterocycles. The summed E-state index contributed by atoms with van der Waals surface area (Å²) in [4.78, 5) is 26.9. The van der Waals surface area contributed by atoms with Crippen molar-refractivity contribution in [2.24, 2.45) is 5.92 Å². The normalized spacial score (nSPS) is 31.6. The number of phenols is 2. The van der Waals surface area contributed by atoms with Gasteiger partial charge in [-0.2, -0.15) is 0 Å². The van der Waals surface area contributed by atoms with Crippen molar-refractivity contribution < 1.29 is 113 Å². The number of ether oxygens (including phenoxy) is 8. The van der Waals surface area contributed by atoms with E-state index >= 15 is 0 Å². The van der Waals surface area contributed by atoms with Gasteiger partial charge in [-0.05, 0) is 54.5 Å². The fraction of sp³-hybridized carbons (Fsp3) is 0.467. The third kappa shape index (κ3) is 10.5. The fourth-order valence-electron chi connectivity index (χ4n) is 8.01. The van der Waals surface area contributed by atoms with Crippen LogP contribution in [0.25, 0.3) is 28.4 Å². The van der Waals surface area contributed by atoms with E-state index in [1.807, 2.05) is 0 Å². The number of methoxy groups -OCH3 is 2. The third-order valence-electron chi connectivity index (χ3n) is 12.0. The molecule has 1 saturated carbocycles. The summed E-state index contributed by atoms with van der Waals surface area (Å²) in [5.74, 6) is -4.00. The molecule has 15 atom stereocenters. The minimum atomic E-state index is -2.00. The number of carbonyl (C=O) groups is 1. The van der Waals surface area contributed by atoms with Crippen LogP contribution in [0, 0.1) is 5.92 Å². The Kier molecular flexibility index (Phi) is 15.8. The molecule has 2 aliphatic heterocycles. The van der Waals surface area contributed by atoms with Gasteiger partial charge in [0.15, 0.2) is 17.3 Å². The zero-order chi connectivity index (χ0) is 50.0. The second kappa shape index (κ2) is 21.4. The summed E-state index contributed by atoms with van der Waals surface area (Å²) >= 11 is 0. The van der Waals surface area contributed by atoms with Crippen LogP contribution in [0.2, 0.25) is 0 Å². The molecule has 69 heavy (non-hydrogen) atoms. The maximum atomic E-state index is 14.3. The Balaban J connectivity index is 1.14. The molecule has 0 bridgehead atoms. The summed E-state index contributed by atoms with van der Waals surface area (Å²) in [6, 6.07) is 10.2. The van der Waals surface area contributed by atoms with E-state index in [9.17, 15) is 76.0 Å². The van der Waals surface area contributed by atoms with Crippen molar-refractivity contribution in [1.29, 1.82) is 0 Å². The third-order valence-corrected chi connectivity index (χ3v) is 12.0. The van der Waals surface area contributed by atoms with Gasteiger partial charge in [-0.15, -0.1) is 0 Å². The molecule has 3 heterocycles. The van der Waals surface area contributed by atoms with E-state index in [1.54, 1.807) is 0 Å². The number of benzene rings is 3. The maximum Gasteiger partial charge on any atom is 0.330 e. The van der Waals surface area contributed by atoms with Gasteiger partial charge in [0.1, 0.15) is 102 Å². The summed E-state index contributed by atoms with van der Waals surface area (Å²) in [7, 11) is 2.65. The Morgan fingerprint density at radius 2 is 1.28 bits per heavy atom. The van der Waals surface area contributed by atoms with Crippen molar-refractivity contribution >= 4 is 23.0 Å². The van der Waals surface area contributed by atoms with Gasteiger partial charge >= 0.3 is 5.97 Å². The van der Waals surface area contributed by atoms with Crippen molar-refractivity contribution in [3.05, 3.63) is 70.4 Å². The minimum absolute atomic E-state index is 0.0277. The van der Waals surface area contributed by atoms with Crippen LogP contribution in [-0.4, -0.2) is 192 Å². The standard InChI is InChI=1S/C45H52O24/c1-61-24-9-17(10-25(62-2)32(24)51)3-8-29(49)63-16-28-35(54)39(58)40(59)44(68-28)65-20-6-4-18(5-7-20)42-43(69-45-41(60)38(57)34(53)27(15-47)67-45)36(55)30-22(48)12-21(13-23(30)66-42)64-26-11-19(14-46)31(50)37(56)33(26)52/h3-10,12-13,19,26-28,31,33-35,37-41,44-48,50-54,56-60H,11,14-16H2,1-2H3. The lowest BCUT2D eigenvalue weighted by Crippen LogP contribution is -2.60. The number of aliphatic hydroxyl groups is 11. The molecule has 376 valence electrons. The van der Waals surface area contributed by atoms with Crippen LogP contribution in [0.15, 0.2) is 63.8 Å². The van der Waals surface area contributed by atoms with Gasteiger partial charge in [-0.25, -0.2) is 4.79 Å². The molecule has 0 amide bonds. The van der Waals surface area contributed by atoms with E-state index in [1.165, 1.54) is 56.7 Å². The number of fused-ring (bicyclic) bond motifs is 1. The molecule has 1 aliphatic carbocycles. The second-order valence-corrected chi connectivity index (χ2v) is 16.4. The molecular formula is C45H52O24. The highest BCUT2D eigenvalue weighted by Crippen LogP contribution is 2.40. The average Bonchev–Trinajstić information content (AvgIpc) is 3.34. The summed E-state index contributed by atoms with van der Waals surface area (Å²) in [5.41, 5.74) is -0.993. The molecule has 0 spiro atoms. The Hall–Kier alpha value is -5.84. The van der Waals surface area contributed by atoms with Crippen LogP contribution in [-0.2, 0) is 19.0 Å². The van der Waals surface area contributed by atoms with Gasteiger partial charge in [-0.1, -0.05) is 0 Å². The topological polar surface area (TPSA) is 384 Å². The lowest BCUT2D eigenvalue weighted by atomic mass is 9.81. The molecule has 4 aromatic rings. The first-order valence-electron chi connectivity index (χ1n) is 21.3. The van der Waals surface area contributed by atoms with E-state index in [0.717, 1.165) is 18.2 Å². The van der Waals surface area contributed by atoms with Crippen molar-refractivity contribution in [2.75, 3.05) is 34.0 Å². The first kappa shape index (κ1) is 51.0. The predicted molar refractivity (Wildman–Crippen MR) is 230 cm³/mol. The van der Waals surface area contributed by atoms with Crippen molar-refractivity contribution in [2.45, 2.75) is 92.2 Å². The first-order chi connectivity index (χ1) is 32.9. The summed E-state index contributed by atoms with van der Waals surface area (Å²) in [5, 5.41) is 135.